The summed E-state index contributed by atoms with van der Waals surface area (Å²) in [4.78, 5) is 9.58. The van der Waals surface area contributed by atoms with Crippen LogP contribution < -0.4 is 4.90 Å². The topological polar surface area (TPSA) is 53.5 Å². The number of nitrogens with zero attached hydrogens (tertiary/aromatic N) is 3. The van der Waals surface area contributed by atoms with Crippen LogP contribution in [-0.2, 0) is 16.3 Å². The number of aromatic nitrogens is 1. The second kappa shape index (κ2) is 7.53. The summed E-state index contributed by atoms with van der Waals surface area (Å²) in [5.74, 6) is 0. The van der Waals surface area contributed by atoms with Gasteiger partial charge in [-0.1, -0.05) is 31.2 Å². The van der Waals surface area contributed by atoms with E-state index in [-0.39, 0.29) is 0 Å². The van der Waals surface area contributed by atoms with Gasteiger partial charge in [0.15, 0.2) is 0 Å². The van der Waals surface area contributed by atoms with Crippen molar-refractivity contribution in [3.8, 4) is 0 Å². The molecule has 2 aromatic carbocycles. The highest BCUT2D eigenvalue weighted by atomic mass is 32.2. The van der Waals surface area contributed by atoms with E-state index >= 15 is 0 Å². The Kier molecular flexibility index (Phi) is 5.08. The van der Waals surface area contributed by atoms with E-state index in [1.165, 1.54) is 11.8 Å². The fourth-order valence-corrected chi connectivity index (χ4v) is 5.16. The van der Waals surface area contributed by atoms with Gasteiger partial charge in [0.25, 0.3) is 0 Å². The number of anilines is 1. The molecule has 4 rings (SSSR count). The monoisotopic (exact) mass is 395 g/mol. The van der Waals surface area contributed by atoms with Gasteiger partial charge in [-0.25, -0.2) is 8.42 Å². The van der Waals surface area contributed by atoms with Crippen LogP contribution in [0.1, 0.15) is 12.5 Å². The van der Waals surface area contributed by atoms with Crippen molar-refractivity contribution in [2.24, 2.45) is 0 Å². The van der Waals surface area contributed by atoms with Crippen molar-refractivity contribution in [1.29, 1.82) is 0 Å². The number of benzene rings is 2. The van der Waals surface area contributed by atoms with Crippen LogP contribution in [-0.4, -0.2) is 51.5 Å². The molecule has 0 atom stereocenters. The second-order valence-corrected chi connectivity index (χ2v) is 9.20. The van der Waals surface area contributed by atoms with Crippen molar-refractivity contribution in [3.63, 3.8) is 0 Å². The molecule has 146 valence electrons. The zero-order valence-corrected chi connectivity index (χ0v) is 17.1. The number of fused-ring (bicyclic) bond motifs is 1. The molecular formula is C22H25N3O2S. The van der Waals surface area contributed by atoms with E-state index in [1.807, 2.05) is 12.1 Å². The molecule has 0 spiro atoms. The fraction of sp³-hybridized carbons (Fsp3) is 0.318. The van der Waals surface area contributed by atoms with Crippen LogP contribution in [0.5, 0.6) is 0 Å². The number of piperazine rings is 1. The lowest BCUT2D eigenvalue weighted by molar-refractivity contribution is 0.312. The third-order valence-corrected chi connectivity index (χ3v) is 7.21. The molecular weight excluding hydrogens is 370 g/mol. The molecule has 28 heavy (non-hydrogen) atoms. The van der Waals surface area contributed by atoms with Gasteiger partial charge in [-0.05, 0) is 43.3 Å². The molecule has 1 aliphatic heterocycles. The quantitative estimate of drug-likeness (QED) is 0.678. The van der Waals surface area contributed by atoms with E-state index in [4.69, 9.17) is 0 Å². The molecule has 6 heteroatoms. The molecule has 0 aliphatic carbocycles. The first-order valence-electron chi connectivity index (χ1n) is 9.66. The minimum Gasteiger partial charge on any atom is -0.367 e. The van der Waals surface area contributed by atoms with E-state index in [0.29, 0.717) is 9.79 Å². The average molecular weight is 396 g/mol. The Morgan fingerprint density at radius 3 is 2.39 bits per heavy atom. The normalized spacial score (nSPS) is 15.9. The van der Waals surface area contributed by atoms with Gasteiger partial charge in [0, 0.05) is 37.8 Å². The number of hydrogen-bond donors (Lipinski definition) is 0. The van der Waals surface area contributed by atoms with Crippen molar-refractivity contribution in [2.45, 2.75) is 23.1 Å². The third kappa shape index (κ3) is 3.38. The molecule has 1 saturated heterocycles. The van der Waals surface area contributed by atoms with Crippen molar-refractivity contribution in [3.05, 3.63) is 60.3 Å². The highest BCUT2D eigenvalue weighted by Gasteiger charge is 2.28. The minimum atomic E-state index is -3.66. The number of sulfone groups is 1. The van der Waals surface area contributed by atoms with Crippen LogP contribution in [0.4, 0.5) is 5.69 Å². The zero-order valence-electron chi connectivity index (χ0n) is 16.3. The lowest BCUT2D eigenvalue weighted by Crippen LogP contribution is -2.45. The molecule has 0 saturated carbocycles. The number of rotatable bonds is 4. The highest BCUT2D eigenvalue weighted by Crippen LogP contribution is 2.36. The molecule has 0 amide bonds. The summed E-state index contributed by atoms with van der Waals surface area (Å²) in [7, 11) is -1.57. The molecule has 0 unspecified atom stereocenters. The predicted molar refractivity (Wildman–Crippen MR) is 113 cm³/mol. The molecule has 0 bridgehead atoms. The first-order valence-corrected chi connectivity index (χ1v) is 11.1. The Morgan fingerprint density at radius 2 is 1.71 bits per heavy atom. The van der Waals surface area contributed by atoms with Gasteiger partial charge in [0.1, 0.15) is 4.90 Å². The van der Waals surface area contributed by atoms with Crippen LogP contribution in [0.2, 0.25) is 0 Å². The maximum absolute atomic E-state index is 13.5. The van der Waals surface area contributed by atoms with Crippen molar-refractivity contribution >= 4 is 26.4 Å². The average Bonchev–Trinajstić information content (AvgIpc) is 2.73. The highest BCUT2D eigenvalue weighted by molar-refractivity contribution is 7.91. The van der Waals surface area contributed by atoms with E-state index in [0.717, 1.165) is 49.2 Å². The zero-order chi connectivity index (χ0) is 19.7. The Hall–Kier alpha value is -2.44. The minimum absolute atomic E-state index is 0.295. The van der Waals surface area contributed by atoms with Crippen LogP contribution in [0.25, 0.3) is 10.9 Å². The van der Waals surface area contributed by atoms with Crippen LogP contribution >= 0.6 is 0 Å². The summed E-state index contributed by atoms with van der Waals surface area (Å²) < 4.78 is 27.0. The number of pyridine rings is 1. The first kappa shape index (κ1) is 18.9. The molecule has 5 nitrogen and oxygen atoms in total. The summed E-state index contributed by atoms with van der Waals surface area (Å²) in [6.07, 6.45) is 2.43. The molecule has 1 fully saturated rings. The van der Waals surface area contributed by atoms with E-state index in [2.05, 4.69) is 40.9 Å². The summed E-state index contributed by atoms with van der Waals surface area (Å²) in [6.45, 7) is 5.51. The molecule has 3 aromatic rings. The summed E-state index contributed by atoms with van der Waals surface area (Å²) in [6, 6.07) is 14.8. The Morgan fingerprint density at radius 1 is 1.00 bits per heavy atom. The molecule has 0 N–H and O–H groups in total. The van der Waals surface area contributed by atoms with Gasteiger partial charge in [-0.3, -0.25) is 4.98 Å². The lowest BCUT2D eigenvalue weighted by atomic mass is 10.1. The van der Waals surface area contributed by atoms with Crippen LogP contribution in [0, 0.1) is 0 Å². The Bertz CT molecular complexity index is 1090. The van der Waals surface area contributed by atoms with Gasteiger partial charge in [0.2, 0.25) is 9.84 Å². The Labute approximate surface area is 166 Å². The smallest absolute Gasteiger partial charge is 0.210 e. The summed E-state index contributed by atoms with van der Waals surface area (Å²) in [5, 5.41) is 0.918. The van der Waals surface area contributed by atoms with E-state index in [1.54, 1.807) is 24.3 Å². The first-order chi connectivity index (χ1) is 13.5. The second-order valence-electron chi connectivity index (χ2n) is 7.28. The fourth-order valence-electron chi connectivity index (χ4n) is 3.71. The van der Waals surface area contributed by atoms with Crippen molar-refractivity contribution < 1.29 is 8.42 Å². The van der Waals surface area contributed by atoms with E-state index in [9.17, 15) is 8.42 Å². The third-order valence-electron chi connectivity index (χ3n) is 5.44. The predicted octanol–water partition coefficient (Wildman–Crippen LogP) is 3.38. The maximum atomic E-state index is 13.5. The van der Waals surface area contributed by atoms with Crippen LogP contribution in [0.3, 0.4) is 0 Å². The van der Waals surface area contributed by atoms with Gasteiger partial charge in [-0.2, -0.15) is 0 Å². The van der Waals surface area contributed by atoms with Crippen molar-refractivity contribution in [1.82, 2.24) is 9.88 Å². The maximum Gasteiger partial charge on any atom is 0.210 e. The molecule has 1 aromatic heterocycles. The van der Waals surface area contributed by atoms with Crippen LogP contribution in [0.15, 0.2) is 64.5 Å². The standard InChI is InChI=1S/C22H25N3O2S/c1-3-17-9-10-20-19(15-17)22(25-13-11-24(2)12-14-25)21(16-23-20)28(26,27)18-7-5-4-6-8-18/h4-10,15-16H,3,11-14H2,1-2H3. The van der Waals surface area contributed by atoms with E-state index < -0.39 is 9.84 Å². The SMILES string of the molecule is CCc1ccc2ncc(S(=O)(=O)c3ccccc3)c(N3CCN(C)CC3)c2c1. The molecule has 0 radical (unpaired) electrons. The summed E-state index contributed by atoms with van der Waals surface area (Å²) in [5.41, 5.74) is 2.80. The lowest BCUT2D eigenvalue weighted by Gasteiger charge is -2.35. The molecule has 2 heterocycles. The van der Waals surface area contributed by atoms with Gasteiger partial charge >= 0.3 is 0 Å². The van der Waals surface area contributed by atoms with Gasteiger partial charge < -0.3 is 9.80 Å². The van der Waals surface area contributed by atoms with Gasteiger partial charge in [-0.15, -0.1) is 0 Å². The Balaban J connectivity index is 1.96. The number of hydrogen-bond acceptors (Lipinski definition) is 5. The number of aryl methyl sites for hydroxylation is 1. The number of likely N-dealkylation sites (N-methyl/N-ethyl adjacent to an activating group) is 1. The van der Waals surface area contributed by atoms with Crippen molar-refractivity contribution in [2.75, 3.05) is 38.1 Å². The molecule has 1 aliphatic rings. The summed E-state index contributed by atoms with van der Waals surface area (Å²) >= 11 is 0. The van der Waals surface area contributed by atoms with Gasteiger partial charge in [0.05, 0.1) is 16.1 Å². The largest absolute Gasteiger partial charge is 0.367 e.